The first kappa shape index (κ1) is 15.4. The summed E-state index contributed by atoms with van der Waals surface area (Å²) in [6, 6.07) is 8.56. The van der Waals surface area contributed by atoms with E-state index in [4.69, 9.17) is 0 Å². The Morgan fingerprint density at radius 3 is 2.38 bits per heavy atom. The topological polar surface area (TPSA) is 102 Å². The molecule has 0 saturated heterocycles. The molecule has 1 aromatic heterocycles. The van der Waals surface area contributed by atoms with Crippen molar-refractivity contribution in [3.63, 3.8) is 0 Å². The van der Waals surface area contributed by atoms with E-state index in [1.165, 1.54) is 30.5 Å². The number of nitro benzene ring substituents is 1. The zero-order chi connectivity index (χ0) is 15.5. The molecule has 7 nitrogen and oxygen atoms in total. The number of non-ortho nitro benzene ring substituents is 1. The Labute approximate surface area is 129 Å². The van der Waals surface area contributed by atoms with Gasteiger partial charge in [-0.05, 0) is 33.6 Å². The third-order valence-corrected chi connectivity index (χ3v) is 4.23. The van der Waals surface area contributed by atoms with Crippen molar-refractivity contribution in [1.82, 2.24) is 4.98 Å². The second-order valence-corrected chi connectivity index (χ2v) is 6.69. The summed E-state index contributed by atoms with van der Waals surface area (Å²) in [5, 5.41) is 10.5. The number of hydrogen-bond donors (Lipinski definition) is 1. The van der Waals surface area contributed by atoms with Gasteiger partial charge >= 0.3 is 0 Å². The molecule has 0 aliphatic rings. The highest BCUT2D eigenvalue weighted by Crippen LogP contribution is 2.16. The Kier molecular flexibility index (Phi) is 4.53. The molecule has 0 atom stereocenters. The van der Waals surface area contributed by atoms with Crippen LogP contribution in [0, 0.1) is 10.1 Å². The van der Waals surface area contributed by atoms with Crippen molar-refractivity contribution < 1.29 is 13.3 Å². The van der Waals surface area contributed by atoms with Gasteiger partial charge in [0.1, 0.15) is 4.60 Å². The summed E-state index contributed by atoms with van der Waals surface area (Å²) < 4.78 is 27.0. The monoisotopic (exact) mass is 371 g/mol. The molecular weight excluding hydrogens is 362 g/mol. The number of rotatable bonds is 5. The Balaban J connectivity index is 2.10. The lowest BCUT2D eigenvalue weighted by Gasteiger charge is -2.07. The standard InChI is InChI=1S/C12H10BrN3O4S/c13-12-6-3-10(7-14-12)15-21(19,20)8-9-1-4-11(5-2-9)16(17)18/h1-7,15H,8H2. The van der Waals surface area contributed by atoms with Crippen molar-refractivity contribution in [1.29, 1.82) is 0 Å². The van der Waals surface area contributed by atoms with Crippen LogP contribution in [0.3, 0.4) is 0 Å². The summed E-state index contributed by atoms with van der Waals surface area (Å²) in [7, 11) is -3.61. The van der Waals surface area contributed by atoms with Gasteiger partial charge in [-0.25, -0.2) is 13.4 Å². The number of sulfonamides is 1. The number of aromatic nitrogens is 1. The van der Waals surface area contributed by atoms with Crippen LogP contribution in [0.25, 0.3) is 0 Å². The normalized spacial score (nSPS) is 11.1. The molecule has 1 aromatic carbocycles. The van der Waals surface area contributed by atoms with Gasteiger partial charge in [0, 0.05) is 12.1 Å². The lowest BCUT2D eigenvalue weighted by molar-refractivity contribution is -0.384. The molecule has 1 heterocycles. The first-order valence-electron chi connectivity index (χ1n) is 5.71. The SMILES string of the molecule is O=[N+]([O-])c1ccc(CS(=O)(=O)Nc2ccc(Br)nc2)cc1. The first-order chi connectivity index (χ1) is 9.85. The smallest absolute Gasteiger partial charge is 0.269 e. The van der Waals surface area contributed by atoms with Gasteiger partial charge in [0.2, 0.25) is 10.0 Å². The van der Waals surface area contributed by atoms with Gasteiger partial charge in [-0.2, -0.15) is 0 Å². The van der Waals surface area contributed by atoms with Crippen LogP contribution in [0.1, 0.15) is 5.56 Å². The summed E-state index contributed by atoms with van der Waals surface area (Å²) in [5.41, 5.74) is 0.722. The molecule has 0 spiro atoms. The van der Waals surface area contributed by atoms with E-state index in [0.717, 1.165) is 0 Å². The maximum absolute atomic E-state index is 12.0. The van der Waals surface area contributed by atoms with E-state index in [1.54, 1.807) is 12.1 Å². The summed E-state index contributed by atoms with van der Waals surface area (Å²) in [5.74, 6) is -0.277. The number of nitro groups is 1. The summed E-state index contributed by atoms with van der Waals surface area (Å²) in [6.07, 6.45) is 1.39. The Morgan fingerprint density at radius 2 is 1.86 bits per heavy atom. The molecule has 1 N–H and O–H groups in total. The van der Waals surface area contributed by atoms with Gasteiger partial charge in [0.05, 0.1) is 22.6 Å². The molecule has 0 aliphatic heterocycles. The van der Waals surface area contributed by atoms with E-state index in [2.05, 4.69) is 25.6 Å². The predicted molar refractivity (Wildman–Crippen MR) is 81.3 cm³/mol. The van der Waals surface area contributed by atoms with Crippen molar-refractivity contribution in [2.24, 2.45) is 0 Å². The molecule has 0 bridgehead atoms. The predicted octanol–water partition coefficient (Wildman–Crippen LogP) is 2.69. The van der Waals surface area contributed by atoms with Crippen LogP contribution in [0.5, 0.6) is 0 Å². The minimum atomic E-state index is -3.61. The average molecular weight is 372 g/mol. The largest absolute Gasteiger partial charge is 0.282 e. The fourth-order valence-corrected chi connectivity index (χ4v) is 3.00. The molecule has 0 aliphatic carbocycles. The third kappa shape index (κ3) is 4.50. The molecule has 0 unspecified atom stereocenters. The second-order valence-electron chi connectivity index (χ2n) is 4.15. The number of anilines is 1. The van der Waals surface area contributed by atoms with Crippen LogP contribution in [-0.2, 0) is 15.8 Å². The number of nitrogens with one attached hydrogen (secondary N) is 1. The van der Waals surface area contributed by atoms with Gasteiger partial charge in [-0.15, -0.1) is 0 Å². The Bertz CT molecular complexity index is 745. The second kappa shape index (κ2) is 6.19. The highest BCUT2D eigenvalue weighted by molar-refractivity contribution is 9.10. The van der Waals surface area contributed by atoms with Crippen molar-refractivity contribution in [2.75, 3.05) is 4.72 Å². The van der Waals surface area contributed by atoms with Crippen molar-refractivity contribution >= 4 is 37.3 Å². The van der Waals surface area contributed by atoms with E-state index < -0.39 is 14.9 Å². The highest BCUT2D eigenvalue weighted by Gasteiger charge is 2.13. The number of halogens is 1. The molecule has 9 heteroatoms. The first-order valence-corrected chi connectivity index (χ1v) is 8.16. The highest BCUT2D eigenvalue weighted by atomic mass is 79.9. The molecule has 2 aromatic rings. The fourth-order valence-electron chi connectivity index (χ4n) is 1.59. The van der Waals surface area contributed by atoms with Gasteiger partial charge in [0.15, 0.2) is 0 Å². The maximum Gasteiger partial charge on any atom is 0.269 e. The molecule has 0 saturated carbocycles. The summed E-state index contributed by atoms with van der Waals surface area (Å²) >= 11 is 3.15. The minimum absolute atomic E-state index is 0.0822. The molecule has 0 amide bonds. The van der Waals surface area contributed by atoms with E-state index in [1.807, 2.05) is 0 Å². The van der Waals surface area contributed by atoms with Crippen LogP contribution >= 0.6 is 15.9 Å². The van der Waals surface area contributed by atoms with Crippen LogP contribution in [0.15, 0.2) is 47.2 Å². The van der Waals surface area contributed by atoms with Crippen LogP contribution < -0.4 is 4.72 Å². The van der Waals surface area contributed by atoms with Gasteiger partial charge in [0.25, 0.3) is 5.69 Å². The van der Waals surface area contributed by atoms with Gasteiger partial charge in [-0.1, -0.05) is 12.1 Å². The van der Waals surface area contributed by atoms with Gasteiger partial charge < -0.3 is 0 Å². The fraction of sp³-hybridized carbons (Fsp3) is 0.0833. The molecule has 110 valence electrons. The van der Waals surface area contributed by atoms with E-state index >= 15 is 0 Å². The zero-order valence-corrected chi connectivity index (χ0v) is 13.0. The number of nitrogens with zero attached hydrogens (tertiary/aromatic N) is 2. The Hall–Kier alpha value is -2.00. The van der Waals surface area contributed by atoms with Crippen LogP contribution in [0.2, 0.25) is 0 Å². The maximum atomic E-state index is 12.0. The van der Waals surface area contributed by atoms with Crippen LogP contribution in [0.4, 0.5) is 11.4 Å². The lowest BCUT2D eigenvalue weighted by Crippen LogP contribution is -2.15. The van der Waals surface area contributed by atoms with E-state index in [9.17, 15) is 18.5 Å². The number of benzene rings is 1. The van der Waals surface area contributed by atoms with Crippen LogP contribution in [-0.4, -0.2) is 18.3 Å². The minimum Gasteiger partial charge on any atom is -0.282 e. The Morgan fingerprint density at radius 1 is 1.19 bits per heavy atom. The zero-order valence-electron chi connectivity index (χ0n) is 10.6. The molecular formula is C12H10BrN3O4S. The van der Waals surface area contributed by atoms with Crippen molar-refractivity contribution in [2.45, 2.75) is 5.75 Å². The van der Waals surface area contributed by atoms with E-state index in [0.29, 0.717) is 15.9 Å². The molecule has 2 rings (SSSR count). The molecule has 0 fully saturated rings. The molecule has 0 radical (unpaired) electrons. The summed E-state index contributed by atoms with van der Waals surface area (Å²) in [4.78, 5) is 13.9. The van der Waals surface area contributed by atoms with Gasteiger partial charge in [-0.3, -0.25) is 14.8 Å². The third-order valence-electron chi connectivity index (χ3n) is 2.50. The van der Waals surface area contributed by atoms with Crippen molar-refractivity contribution in [3.05, 3.63) is 62.9 Å². The quantitative estimate of drug-likeness (QED) is 0.494. The summed E-state index contributed by atoms with van der Waals surface area (Å²) in [6.45, 7) is 0. The number of pyridine rings is 1. The average Bonchev–Trinajstić information content (AvgIpc) is 2.41. The molecule has 21 heavy (non-hydrogen) atoms. The van der Waals surface area contributed by atoms with E-state index in [-0.39, 0.29) is 11.4 Å². The number of hydrogen-bond acceptors (Lipinski definition) is 5. The van der Waals surface area contributed by atoms with Crippen molar-refractivity contribution in [3.8, 4) is 0 Å². The lowest BCUT2D eigenvalue weighted by atomic mass is 10.2.